The number of aryl methyl sites for hydroxylation is 1. The molecule has 1 aromatic heterocycles. The standard InChI is InChI=1S/C13H17N5OS/c1-3-10-4-6-11(7-5-10)16-12(19)9(2)20-13-17-15-8-18(13)14/h4-9H,3,14H2,1-2H3,(H,16,19)/t9-/m1/s1. The van der Waals surface area contributed by atoms with E-state index in [0.717, 1.165) is 12.1 Å². The first kappa shape index (κ1) is 14.4. The van der Waals surface area contributed by atoms with E-state index in [4.69, 9.17) is 5.84 Å². The summed E-state index contributed by atoms with van der Waals surface area (Å²) in [6.07, 6.45) is 2.38. The van der Waals surface area contributed by atoms with E-state index in [2.05, 4.69) is 22.4 Å². The average molecular weight is 291 g/mol. The van der Waals surface area contributed by atoms with Crippen LogP contribution in [0.25, 0.3) is 0 Å². The number of nitrogens with zero attached hydrogens (tertiary/aromatic N) is 3. The van der Waals surface area contributed by atoms with Gasteiger partial charge in [-0.3, -0.25) is 4.79 Å². The SMILES string of the molecule is CCc1ccc(NC(=O)[C@@H](C)Sc2nncn2N)cc1. The molecule has 1 amide bonds. The summed E-state index contributed by atoms with van der Waals surface area (Å²) in [6, 6.07) is 7.81. The number of nitrogens with one attached hydrogen (secondary N) is 1. The van der Waals surface area contributed by atoms with E-state index >= 15 is 0 Å². The number of carbonyl (C=O) groups is 1. The van der Waals surface area contributed by atoms with E-state index in [1.807, 2.05) is 24.3 Å². The van der Waals surface area contributed by atoms with Crippen molar-refractivity contribution >= 4 is 23.4 Å². The third-order valence-corrected chi connectivity index (χ3v) is 3.89. The summed E-state index contributed by atoms with van der Waals surface area (Å²) in [6.45, 7) is 3.89. The van der Waals surface area contributed by atoms with Crippen molar-refractivity contribution in [2.45, 2.75) is 30.7 Å². The predicted molar refractivity (Wildman–Crippen MR) is 79.9 cm³/mol. The lowest BCUT2D eigenvalue weighted by atomic mass is 10.1. The van der Waals surface area contributed by atoms with E-state index in [1.165, 1.54) is 28.3 Å². The normalized spacial score (nSPS) is 12.1. The van der Waals surface area contributed by atoms with Gasteiger partial charge in [0.05, 0.1) is 5.25 Å². The van der Waals surface area contributed by atoms with Gasteiger partial charge in [-0.2, -0.15) is 0 Å². The minimum absolute atomic E-state index is 0.0951. The van der Waals surface area contributed by atoms with Gasteiger partial charge in [0.2, 0.25) is 11.1 Å². The van der Waals surface area contributed by atoms with Gasteiger partial charge in [0.25, 0.3) is 0 Å². The molecule has 6 nitrogen and oxygen atoms in total. The molecule has 0 bridgehead atoms. The number of benzene rings is 1. The van der Waals surface area contributed by atoms with Gasteiger partial charge in [-0.25, -0.2) is 4.68 Å². The molecule has 2 rings (SSSR count). The highest BCUT2D eigenvalue weighted by Gasteiger charge is 2.17. The number of amides is 1. The Labute approximate surface area is 121 Å². The molecule has 3 N–H and O–H groups in total. The lowest BCUT2D eigenvalue weighted by Gasteiger charge is -2.11. The molecule has 0 aliphatic rings. The Bertz CT molecular complexity index is 581. The van der Waals surface area contributed by atoms with Crippen LogP contribution in [0.3, 0.4) is 0 Å². The van der Waals surface area contributed by atoms with E-state index in [-0.39, 0.29) is 11.2 Å². The highest BCUT2D eigenvalue weighted by Crippen LogP contribution is 2.21. The van der Waals surface area contributed by atoms with E-state index < -0.39 is 0 Å². The summed E-state index contributed by atoms with van der Waals surface area (Å²) in [5, 5.41) is 10.6. The Hall–Kier alpha value is -2.02. The van der Waals surface area contributed by atoms with Crippen molar-refractivity contribution in [3.05, 3.63) is 36.2 Å². The molecule has 7 heteroatoms. The van der Waals surface area contributed by atoms with Crippen molar-refractivity contribution in [2.24, 2.45) is 0 Å². The smallest absolute Gasteiger partial charge is 0.237 e. The number of carbonyl (C=O) groups excluding carboxylic acids is 1. The van der Waals surface area contributed by atoms with Gasteiger partial charge in [-0.15, -0.1) is 10.2 Å². The van der Waals surface area contributed by atoms with E-state index in [9.17, 15) is 4.79 Å². The first-order valence-corrected chi connectivity index (χ1v) is 7.19. The van der Waals surface area contributed by atoms with Gasteiger partial charge in [0.1, 0.15) is 6.33 Å². The van der Waals surface area contributed by atoms with Crippen LogP contribution in [0.1, 0.15) is 19.4 Å². The molecule has 0 fully saturated rings. The third kappa shape index (κ3) is 3.51. The number of rotatable bonds is 5. The Morgan fingerprint density at radius 3 is 2.70 bits per heavy atom. The van der Waals surface area contributed by atoms with Crippen molar-refractivity contribution in [1.29, 1.82) is 0 Å². The molecule has 0 saturated carbocycles. The second kappa shape index (κ2) is 6.42. The molecule has 1 atom stereocenters. The van der Waals surface area contributed by atoms with Gasteiger partial charge in [0.15, 0.2) is 0 Å². The van der Waals surface area contributed by atoms with Crippen molar-refractivity contribution < 1.29 is 4.79 Å². The fraction of sp³-hybridized carbons (Fsp3) is 0.308. The fourth-order valence-electron chi connectivity index (χ4n) is 1.60. The largest absolute Gasteiger partial charge is 0.336 e. The minimum Gasteiger partial charge on any atom is -0.336 e. The zero-order chi connectivity index (χ0) is 14.5. The number of thioether (sulfide) groups is 1. The van der Waals surface area contributed by atoms with Crippen LogP contribution in [-0.2, 0) is 11.2 Å². The Morgan fingerprint density at radius 2 is 2.15 bits per heavy atom. The number of hydrogen-bond donors (Lipinski definition) is 2. The summed E-state index contributed by atoms with van der Waals surface area (Å²) in [7, 11) is 0. The molecular weight excluding hydrogens is 274 g/mol. The first-order chi connectivity index (χ1) is 9.60. The molecule has 0 aliphatic heterocycles. The highest BCUT2D eigenvalue weighted by atomic mass is 32.2. The average Bonchev–Trinajstić information content (AvgIpc) is 2.85. The summed E-state index contributed by atoms with van der Waals surface area (Å²) in [4.78, 5) is 12.1. The molecule has 0 saturated heterocycles. The number of nitrogens with two attached hydrogens (primary N) is 1. The Balaban J connectivity index is 1.95. The fourth-order valence-corrected chi connectivity index (χ4v) is 2.34. The van der Waals surface area contributed by atoms with Gasteiger partial charge >= 0.3 is 0 Å². The summed E-state index contributed by atoms with van der Waals surface area (Å²) >= 11 is 1.26. The second-order valence-corrected chi connectivity index (χ2v) is 5.63. The van der Waals surface area contributed by atoms with Crippen molar-refractivity contribution in [2.75, 3.05) is 11.2 Å². The van der Waals surface area contributed by atoms with E-state index in [0.29, 0.717) is 5.16 Å². The molecule has 2 aromatic rings. The molecule has 0 aliphatic carbocycles. The first-order valence-electron chi connectivity index (χ1n) is 6.31. The van der Waals surface area contributed by atoms with Crippen molar-refractivity contribution in [3.63, 3.8) is 0 Å². The number of hydrogen-bond acceptors (Lipinski definition) is 5. The topological polar surface area (TPSA) is 85.8 Å². The maximum absolute atomic E-state index is 12.1. The summed E-state index contributed by atoms with van der Waals surface area (Å²) in [5.41, 5.74) is 2.02. The van der Waals surface area contributed by atoms with Gasteiger partial charge in [0, 0.05) is 5.69 Å². The molecule has 20 heavy (non-hydrogen) atoms. The minimum atomic E-state index is -0.313. The quantitative estimate of drug-likeness (QED) is 0.646. The van der Waals surface area contributed by atoms with Crippen molar-refractivity contribution in [1.82, 2.24) is 14.9 Å². The maximum atomic E-state index is 12.1. The van der Waals surface area contributed by atoms with Crippen molar-refractivity contribution in [3.8, 4) is 0 Å². The molecule has 0 radical (unpaired) electrons. The summed E-state index contributed by atoms with van der Waals surface area (Å²) < 4.78 is 1.30. The van der Waals surface area contributed by atoms with Crippen LogP contribution in [0.5, 0.6) is 0 Å². The van der Waals surface area contributed by atoms with Crippen LogP contribution < -0.4 is 11.2 Å². The van der Waals surface area contributed by atoms with Gasteiger partial charge in [-0.1, -0.05) is 30.8 Å². The molecular formula is C13H17N5OS. The number of anilines is 1. The highest BCUT2D eigenvalue weighted by molar-refractivity contribution is 8.00. The molecule has 1 heterocycles. The van der Waals surface area contributed by atoms with Gasteiger partial charge in [-0.05, 0) is 31.0 Å². The molecule has 1 aromatic carbocycles. The van der Waals surface area contributed by atoms with Crippen LogP contribution in [0.15, 0.2) is 35.7 Å². The third-order valence-electron chi connectivity index (χ3n) is 2.82. The zero-order valence-electron chi connectivity index (χ0n) is 11.4. The maximum Gasteiger partial charge on any atom is 0.237 e. The number of aromatic nitrogens is 3. The predicted octanol–water partition coefficient (Wildman–Crippen LogP) is 1.67. The Kier molecular flexibility index (Phi) is 4.62. The van der Waals surface area contributed by atoms with Crippen LogP contribution in [0.2, 0.25) is 0 Å². The van der Waals surface area contributed by atoms with Crippen LogP contribution in [0, 0.1) is 0 Å². The molecule has 0 spiro atoms. The molecule has 106 valence electrons. The monoisotopic (exact) mass is 291 g/mol. The molecule has 0 unspecified atom stereocenters. The van der Waals surface area contributed by atoms with Crippen LogP contribution >= 0.6 is 11.8 Å². The van der Waals surface area contributed by atoms with Gasteiger partial charge < -0.3 is 11.2 Å². The lowest BCUT2D eigenvalue weighted by Crippen LogP contribution is -2.23. The Morgan fingerprint density at radius 1 is 1.45 bits per heavy atom. The second-order valence-electron chi connectivity index (χ2n) is 4.32. The summed E-state index contributed by atoms with van der Waals surface area (Å²) in [5.74, 6) is 5.52. The van der Waals surface area contributed by atoms with E-state index in [1.54, 1.807) is 6.92 Å². The lowest BCUT2D eigenvalue weighted by molar-refractivity contribution is -0.115. The zero-order valence-corrected chi connectivity index (χ0v) is 12.2. The van der Waals surface area contributed by atoms with Crippen LogP contribution in [0.4, 0.5) is 5.69 Å². The van der Waals surface area contributed by atoms with Crippen LogP contribution in [-0.4, -0.2) is 26.0 Å². The number of nitrogen functional groups attached to an aromatic ring is 1.